The summed E-state index contributed by atoms with van der Waals surface area (Å²) in [5.41, 5.74) is 2.51. The molecule has 0 aliphatic carbocycles. The number of rotatable bonds is 4. The maximum absolute atomic E-state index is 12.5. The molecule has 1 atom stereocenters. The van der Waals surface area contributed by atoms with Crippen LogP contribution in [-0.2, 0) is 18.4 Å². The summed E-state index contributed by atoms with van der Waals surface area (Å²) in [7, 11) is 1.83. The van der Waals surface area contributed by atoms with E-state index in [0.717, 1.165) is 23.4 Å². The van der Waals surface area contributed by atoms with Gasteiger partial charge < -0.3 is 15.3 Å². The molecule has 1 aliphatic heterocycles. The van der Waals surface area contributed by atoms with E-state index in [1.807, 2.05) is 37.5 Å². The number of benzene rings is 1. The molecule has 1 unspecified atom stereocenters. The highest BCUT2D eigenvalue weighted by atomic mass is 16.3. The van der Waals surface area contributed by atoms with Crippen molar-refractivity contribution in [2.45, 2.75) is 19.1 Å². The van der Waals surface area contributed by atoms with Gasteiger partial charge >= 0.3 is 0 Å². The van der Waals surface area contributed by atoms with Crippen molar-refractivity contribution < 1.29 is 9.90 Å². The van der Waals surface area contributed by atoms with E-state index >= 15 is 0 Å². The Morgan fingerprint density at radius 3 is 3.05 bits per heavy atom. The molecule has 6 heteroatoms. The monoisotopic (exact) mass is 286 g/mol. The summed E-state index contributed by atoms with van der Waals surface area (Å²) in [5.74, 6) is 0.0531. The minimum atomic E-state index is -0.237. The third-order valence-electron chi connectivity index (χ3n) is 3.66. The van der Waals surface area contributed by atoms with Gasteiger partial charge in [-0.3, -0.25) is 9.48 Å². The molecule has 0 spiro atoms. The number of aliphatic hydroxyl groups excluding tert-OH is 1. The molecule has 1 saturated heterocycles. The quantitative estimate of drug-likeness (QED) is 0.884. The first kappa shape index (κ1) is 13.6. The lowest BCUT2D eigenvalue weighted by atomic mass is 10.2. The second-order valence-corrected chi connectivity index (χ2v) is 5.21. The van der Waals surface area contributed by atoms with Crippen LogP contribution in [0.3, 0.4) is 0 Å². The Labute approximate surface area is 123 Å². The second-order valence-electron chi connectivity index (χ2n) is 5.21. The zero-order valence-electron chi connectivity index (χ0n) is 11.9. The van der Waals surface area contributed by atoms with Gasteiger partial charge in [0.1, 0.15) is 6.04 Å². The lowest BCUT2D eigenvalue weighted by Gasteiger charge is -2.16. The van der Waals surface area contributed by atoms with Crippen LogP contribution in [0.25, 0.3) is 0 Å². The number of aliphatic hydroxyl groups is 1. The number of carbonyl (C=O) groups is 1. The number of anilines is 2. The van der Waals surface area contributed by atoms with E-state index in [1.54, 1.807) is 15.8 Å². The van der Waals surface area contributed by atoms with Crippen LogP contribution >= 0.6 is 0 Å². The molecule has 0 radical (unpaired) electrons. The standard InChI is InChI=1S/C15H18N4O2/c1-18-9-13(8-16-18)19-6-5-14(15(19)21)17-12-4-2-3-11(7-12)10-20/h2-4,7-9,14,17,20H,5-6,10H2,1H3. The van der Waals surface area contributed by atoms with Crippen LogP contribution in [-0.4, -0.2) is 33.4 Å². The van der Waals surface area contributed by atoms with Crippen LogP contribution in [0, 0.1) is 0 Å². The molecule has 0 saturated carbocycles. The van der Waals surface area contributed by atoms with Crippen LogP contribution < -0.4 is 10.2 Å². The average molecular weight is 286 g/mol. The Hall–Kier alpha value is -2.34. The van der Waals surface area contributed by atoms with E-state index in [9.17, 15) is 4.79 Å². The predicted molar refractivity (Wildman–Crippen MR) is 80.0 cm³/mol. The molecular formula is C15H18N4O2. The summed E-state index contributed by atoms with van der Waals surface area (Å²) in [5, 5.41) is 16.5. The number of hydrogen-bond acceptors (Lipinski definition) is 4. The summed E-state index contributed by atoms with van der Waals surface area (Å²) < 4.78 is 1.69. The smallest absolute Gasteiger partial charge is 0.249 e. The third kappa shape index (κ3) is 2.75. The van der Waals surface area contributed by atoms with Crippen molar-refractivity contribution in [2.75, 3.05) is 16.8 Å². The minimum absolute atomic E-state index is 0.00402. The van der Waals surface area contributed by atoms with Gasteiger partial charge in [0.15, 0.2) is 0 Å². The van der Waals surface area contributed by atoms with Crippen LogP contribution in [0.2, 0.25) is 0 Å². The molecule has 1 aliphatic rings. The topological polar surface area (TPSA) is 70.4 Å². The van der Waals surface area contributed by atoms with Gasteiger partial charge in [0.05, 0.1) is 18.5 Å². The van der Waals surface area contributed by atoms with E-state index in [0.29, 0.717) is 6.54 Å². The molecule has 110 valence electrons. The second kappa shape index (κ2) is 5.57. The highest BCUT2D eigenvalue weighted by Crippen LogP contribution is 2.23. The van der Waals surface area contributed by atoms with Crippen LogP contribution in [0.5, 0.6) is 0 Å². The van der Waals surface area contributed by atoms with E-state index in [-0.39, 0.29) is 18.6 Å². The van der Waals surface area contributed by atoms with Crippen molar-refractivity contribution in [3.63, 3.8) is 0 Å². The lowest BCUT2D eigenvalue weighted by molar-refractivity contribution is -0.117. The molecule has 3 rings (SSSR count). The van der Waals surface area contributed by atoms with E-state index in [2.05, 4.69) is 10.4 Å². The van der Waals surface area contributed by atoms with Crippen LogP contribution in [0.4, 0.5) is 11.4 Å². The number of aromatic nitrogens is 2. The van der Waals surface area contributed by atoms with Gasteiger partial charge in [-0.1, -0.05) is 12.1 Å². The summed E-state index contributed by atoms with van der Waals surface area (Å²) in [6.45, 7) is 0.678. The van der Waals surface area contributed by atoms with Crippen molar-refractivity contribution >= 4 is 17.3 Å². The molecule has 0 bridgehead atoms. The zero-order chi connectivity index (χ0) is 14.8. The molecule has 6 nitrogen and oxygen atoms in total. The fourth-order valence-electron chi connectivity index (χ4n) is 2.58. The van der Waals surface area contributed by atoms with E-state index in [4.69, 9.17) is 5.11 Å². The Morgan fingerprint density at radius 1 is 1.48 bits per heavy atom. The number of amides is 1. The molecule has 1 fully saturated rings. The van der Waals surface area contributed by atoms with Crippen LogP contribution in [0.15, 0.2) is 36.7 Å². The van der Waals surface area contributed by atoms with Gasteiger partial charge in [-0.05, 0) is 24.1 Å². The fraction of sp³-hybridized carbons (Fsp3) is 0.333. The average Bonchev–Trinajstić information content (AvgIpc) is 3.06. The molecule has 2 N–H and O–H groups in total. The minimum Gasteiger partial charge on any atom is -0.392 e. The summed E-state index contributed by atoms with van der Waals surface area (Å²) in [6.07, 6.45) is 4.29. The number of hydrogen-bond donors (Lipinski definition) is 2. The Balaban J connectivity index is 1.71. The largest absolute Gasteiger partial charge is 0.392 e. The summed E-state index contributed by atoms with van der Waals surface area (Å²) in [4.78, 5) is 14.2. The number of nitrogens with one attached hydrogen (secondary N) is 1. The first-order valence-electron chi connectivity index (χ1n) is 6.94. The Bertz CT molecular complexity index is 653. The maximum atomic E-state index is 12.5. The maximum Gasteiger partial charge on any atom is 0.249 e. The fourth-order valence-corrected chi connectivity index (χ4v) is 2.58. The first-order valence-corrected chi connectivity index (χ1v) is 6.94. The molecule has 1 amide bonds. The van der Waals surface area contributed by atoms with Gasteiger partial charge in [-0.25, -0.2) is 0 Å². The zero-order valence-corrected chi connectivity index (χ0v) is 11.9. The molecule has 1 aromatic carbocycles. The lowest BCUT2D eigenvalue weighted by Crippen LogP contribution is -2.33. The molecular weight excluding hydrogens is 268 g/mol. The van der Waals surface area contributed by atoms with Gasteiger partial charge in [0.2, 0.25) is 5.91 Å². The van der Waals surface area contributed by atoms with Crippen LogP contribution in [0.1, 0.15) is 12.0 Å². The number of carbonyl (C=O) groups excluding carboxylic acids is 1. The molecule has 2 heterocycles. The van der Waals surface area contributed by atoms with Crippen molar-refractivity contribution in [2.24, 2.45) is 7.05 Å². The van der Waals surface area contributed by atoms with Crippen molar-refractivity contribution in [1.29, 1.82) is 0 Å². The van der Waals surface area contributed by atoms with Gasteiger partial charge in [-0.15, -0.1) is 0 Å². The Kier molecular flexibility index (Phi) is 3.62. The van der Waals surface area contributed by atoms with Gasteiger partial charge in [-0.2, -0.15) is 5.10 Å². The molecule has 2 aromatic rings. The summed E-state index contributed by atoms with van der Waals surface area (Å²) in [6, 6.07) is 7.24. The molecule has 1 aromatic heterocycles. The highest BCUT2D eigenvalue weighted by molar-refractivity contribution is 6.00. The van der Waals surface area contributed by atoms with E-state index < -0.39 is 0 Å². The third-order valence-corrected chi connectivity index (χ3v) is 3.66. The van der Waals surface area contributed by atoms with Crippen molar-refractivity contribution in [3.05, 3.63) is 42.2 Å². The highest BCUT2D eigenvalue weighted by Gasteiger charge is 2.33. The van der Waals surface area contributed by atoms with Crippen molar-refractivity contribution in [1.82, 2.24) is 9.78 Å². The number of nitrogens with zero attached hydrogens (tertiary/aromatic N) is 3. The van der Waals surface area contributed by atoms with E-state index in [1.165, 1.54) is 0 Å². The Morgan fingerprint density at radius 2 is 2.33 bits per heavy atom. The summed E-state index contributed by atoms with van der Waals surface area (Å²) >= 11 is 0. The normalized spacial score (nSPS) is 18.3. The van der Waals surface area contributed by atoms with Gasteiger partial charge in [0.25, 0.3) is 0 Å². The molecule has 21 heavy (non-hydrogen) atoms. The first-order chi connectivity index (χ1) is 10.2. The predicted octanol–water partition coefficient (Wildman–Crippen LogP) is 1.13. The SMILES string of the molecule is Cn1cc(N2CCC(Nc3cccc(CO)c3)C2=O)cn1. The van der Waals surface area contributed by atoms with Crippen molar-refractivity contribution in [3.8, 4) is 0 Å². The van der Waals surface area contributed by atoms with Gasteiger partial charge in [0, 0.05) is 25.5 Å². The number of aryl methyl sites for hydroxylation is 1.